The van der Waals surface area contributed by atoms with Gasteiger partial charge in [-0.05, 0) is 48.1 Å². The molecule has 2 unspecified atom stereocenters. The Morgan fingerprint density at radius 1 is 1.30 bits per heavy atom. The van der Waals surface area contributed by atoms with Gasteiger partial charge in [0.15, 0.2) is 0 Å². The molecular weight excluding hydrogens is 352 g/mol. The van der Waals surface area contributed by atoms with Crippen LogP contribution in [-0.4, -0.2) is 30.1 Å². The Balaban J connectivity index is 1.56. The molecule has 23 heavy (non-hydrogen) atoms. The Kier molecular flexibility index (Phi) is 4.47. The minimum absolute atomic E-state index is 0.114. The Morgan fingerprint density at radius 2 is 2.04 bits per heavy atom. The van der Waals surface area contributed by atoms with Crippen molar-refractivity contribution in [1.29, 1.82) is 0 Å². The number of nitrogens with one attached hydrogen (secondary N) is 1. The number of benzene rings is 1. The molecule has 3 nitrogen and oxygen atoms in total. The van der Waals surface area contributed by atoms with Crippen LogP contribution in [0.25, 0.3) is 0 Å². The number of halogens is 1. The van der Waals surface area contributed by atoms with E-state index in [0.29, 0.717) is 23.4 Å². The van der Waals surface area contributed by atoms with E-state index in [1.54, 1.807) is 0 Å². The molecule has 2 aliphatic rings. The van der Waals surface area contributed by atoms with Gasteiger partial charge in [-0.15, -0.1) is 0 Å². The van der Waals surface area contributed by atoms with E-state index >= 15 is 0 Å². The highest BCUT2D eigenvalue weighted by Crippen LogP contribution is 2.52. The van der Waals surface area contributed by atoms with Crippen molar-refractivity contribution in [3.05, 3.63) is 34.3 Å². The third-order valence-corrected chi connectivity index (χ3v) is 6.08. The second-order valence-electron chi connectivity index (χ2n) is 8.41. The van der Waals surface area contributed by atoms with Gasteiger partial charge in [0.1, 0.15) is 0 Å². The molecule has 0 spiro atoms. The van der Waals surface area contributed by atoms with Crippen LogP contribution >= 0.6 is 15.9 Å². The lowest BCUT2D eigenvalue weighted by molar-refractivity contribution is 0.129. The number of carbonyl (C=O) groups excluding carboxylic acids is 1. The predicted octanol–water partition coefficient (Wildman–Crippen LogP) is 4.60. The molecule has 2 amide bonds. The second-order valence-corrected chi connectivity index (χ2v) is 9.27. The van der Waals surface area contributed by atoms with Crippen LogP contribution in [-0.2, 0) is 6.42 Å². The van der Waals surface area contributed by atoms with E-state index in [0.717, 1.165) is 30.3 Å². The molecule has 1 N–H and O–H groups in total. The van der Waals surface area contributed by atoms with Gasteiger partial charge in [0.05, 0.1) is 0 Å². The first-order valence-electron chi connectivity index (χ1n) is 8.56. The molecule has 2 atom stereocenters. The number of amides is 2. The minimum Gasteiger partial charge on any atom is -0.338 e. The number of hydrogen-bond acceptors (Lipinski definition) is 1. The topological polar surface area (TPSA) is 32.3 Å². The van der Waals surface area contributed by atoms with Gasteiger partial charge in [0, 0.05) is 23.6 Å². The average molecular weight is 379 g/mol. The summed E-state index contributed by atoms with van der Waals surface area (Å²) in [6, 6.07) is 8.72. The maximum Gasteiger partial charge on any atom is 0.317 e. The quantitative estimate of drug-likeness (QED) is 0.818. The Labute approximate surface area is 148 Å². The summed E-state index contributed by atoms with van der Waals surface area (Å²) in [5.74, 6) is 0. The Hall–Kier alpha value is -1.03. The summed E-state index contributed by atoms with van der Waals surface area (Å²) >= 11 is 3.56. The highest BCUT2D eigenvalue weighted by molar-refractivity contribution is 9.10. The predicted molar refractivity (Wildman–Crippen MR) is 97.5 cm³/mol. The van der Waals surface area contributed by atoms with Crippen molar-refractivity contribution in [3.8, 4) is 0 Å². The van der Waals surface area contributed by atoms with Crippen molar-refractivity contribution >= 4 is 22.0 Å². The van der Waals surface area contributed by atoms with Crippen LogP contribution in [0.1, 0.15) is 45.6 Å². The van der Waals surface area contributed by atoms with Gasteiger partial charge in [-0.3, -0.25) is 0 Å². The molecular formula is C19H27BrN2O. The lowest BCUT2D eigenvalue weighted by atomic mass is 9.65. The third kappa shape index (κ3) is 3.73. The summed E-state index contributed by atoms with van der Waals surface area (Å²) in [6.45, 7) is 8.61. The third-order valence-electron chi connectivity index (χ3n) is 5.30. The van der Waals surface area contributed by atoms with Crippen LogP contribution in [0.3, 0.4) is 0 Å². The van der Waals surface area contributed by atoms with Gasteiger partial charge < -0.3 is 10.2 Å². The number of likely N-dealkylation sites (tertiary alicyclic amines) is 1. The van der Waals surface area contributed by atoms with Crippen LogP contribution in [0.2, 0.25) is 0 Å². The van der Waals surface area contributed by atoms with E-state index in [1.807, 2.05) is 18.2 Å². The standard InChI is InChI=1S/C19H27BrN2O/c1-18(2)10-15-11-19(3,12-18)13-22(15)17(23)21-9-8-14-6-4-5-7-16(14)20/h4-7,15H,8-13H2,1-3H3,(H,21,23). The highest BCUT2D eigenvalue weighted by Gasteiger charge is 2.50. The fourth-order valence-electron chi connectivity index (χ4n) is 4.80. The van der Waals surface area contributed by atoms with Crippen LogP contribution in [0.15, 0.2) is 28.7 Å². The molecule has 126 valence electrons. The number of fused-ring (bicyclic) bond motifs is 2. The van der Waals surface area contributed by atoms with Gasteiger partial charge in [-0.25, -0.2) is 4.79 Å². The lowest BCUT2D eigenvalue weighted by Gasteiger charge is -2.39. The van der Waals surface area contributed by atoms with E-state index in [4.69, 9.17) is 0 Å². The molecule has 4 heteroatoms. The van der Waals surface area contributed by atoms with Crippen molar-refractivity contribution in [3.63, 3.8) is 0 Å². The molecule has 2 fully saturated rings. The Morgan fingerprint density at radius 3 is 2.78 bits per heavy atom. The number of carbonyl (C=O) groups is 1. The van der Waals surface area contributed by atoms with Crippen molar-refractivity contribution in [2.45, 2.75) is 52.5 Å². The highest BCUT2D eigenvalue weighted by atomic mass is 79.9. The first kappa shape index (κ1) is 16.8. The number of rotatable bonds is 3. The molecule has 1 aliphatic heterocycles. The molecule has 1 aromatic carbocycles. The monoisotopic (exact) mass is 378 g/mol. The minimum atomic E-state index is 0.114. The number of urea groups is 1. The maximum atomic E-state index is 12.6. The Bertz CT molecular complexity index is 601. The van der Waals surface area contributed by atoms with Gasteiger partial charge in [0.2, 0.25) is 0 Å². The van der Waals surface area contributed by atoms with Crippen molar-refractivity contribution in [1.82, 2.24) is 10.2 Å². The molecule has 1 saturated heterocycles. The van der Waals surface area contributed by atoms with Crippen LogP contribution < -0.4 is 5.32 Å². The zero-order valence-electron chi connectivity index (χ0n) is 14.4. The fraction of sp³-hybridized carbons (Fsp3) is 0.632. The van der Waals surface area contributed by atoms with Crippen LogP contribution in [0.5, 0.6) is 0 Å². The zero-order chi connectivity index (χ0) is 16.7. The molecule has 3 rings (SSSR count). The molecule has 1 heterocycles. The summed E-state index contributed by atoms with van der Waals surface area (Å²) < 4.78 is 1.11. The molecule has 2 bridgehead atoms. The largest absolute Gasteiger partial charge is 0.338 e. The summed E-state index contributed by atoms with van der Waals surface area (Å²) in [5.41, 5.74) is 1.88. The van der Waals surface area contributed by atoms with Crippen molar-refractivity contribution < 1.29 is 4.79 Å². The summed E-state index contributed by atoms with van der Waals surface area (Å²) in [6.07, 6.45) is 4.36. The smallest absolute Gasteiger partial charge is 0.317 e. The normalized spacial score (nSPS) is 28.7. The summed E-state index contributed by atoms with van der Waals surface area (Å²) in [5, 5.41) is 3.12. The first-order valence-corrected chi connectivity index (χ1v) is 9.35. The van der Waals surface area contributed by atoms with E-state index in [-0.39, 0.29) is 6.03 Å². The van der Waals surface area contributed by atoms with E-state index < -0.39 is 0 Å². The van der Waals surface area contributed by atoms with Crippen molar-refractivity contribution in [2.75, 3.05) is 13.1 Å². The molecule has 1 aromatic rings. The zero-order valence-corrected chi connectivity index (χ0v) is 15.9. The van der Waals surface area contributed by atoms with E-state index in [9.17, 15) is 4.79 Å². The maximum absolute atomic E-state index is 12.6. The van der Waals surface area contributed by atoms with Crippen LogP contribution in [0.4, 0.5) is 4.79 Å². The van der Waals surface area contributed by atoms with E-state index in [1.165, 1.54) is 12.0 Å². The summed E-state index contributed by atoms with van der Waals surface area (Å²) in [4.78, 5) is 14.7. The van der Waals surface area contributed by atoms with Crippen LogP contribution in [0, 0.1) is 10.8 Å². The lowest BCUT2D eigenvalue weighted by Crippen LogP contribution is -2.44. The number of hydrogen-bond donors (Lipinski definition) is 1. The summed E-state index contributed by atoms with van der Waals surface area (Å²) in [7, 11) is 0. The fourth-order valence-corrected chi connectivity index (χ4v) is 5.29. The molecule has 1 aliphatic carbocycles. The van der Waals surface area contributed by atoms with Gasteiger partial charge >= 0.3 is 6.03 Å². The van der Waals surface area contributed by atoms with Gasteiger partial charge in [-0.2, -0.15) is 0 Å². The van der Waals surface area contributed by atoms with Crippen molar-refractivity contribution in [2.24, 2.45) is 10.8 Å². The molecule has 0 aromatic heterocycles. The number of nitrogens with zero attached hydrogens (tertiary/aromatic N) is 1. The van der Waals surface area contributed by atoms with Gasteiger partial charge in [-0.1, -0.05) is 54.9 Å². The van der Waals surface area contributed by atoms with E-state index in [2.05, 4.69) is 53.0 Å². The first-order chi connectivity index (χ1) is 10.8. The molecule has 1 saturated carbocycles. The molecule has 0 radical (unpaired) electrons. The second kappa shape index (κ2) is 6.12. The SMILES string of the molecule is CC1(C)CC2CC(C)(CN2C(=O)NCCc2ccccc2Br)C1. The average Bonchev–Trinajstić information content (AvgIpc) is 2.70. The van der Waals surface area contributed by atoms with Gasteiger partial charge in [0.25, 0.3) is 0 Å².